The van der Waals surface area contributed by atoms with Gasteiger partial charge in [-0.15, -0.1) is 11.3 Å². The van der Waals surface area contributed by atoms with Crippen LogP contribution in [-0.2, 0) is 0 Å². The molecule has 0 aliphatic rings. The molecule has 0 amide bonds. The maximum absolute atomic E-state index is 6.24. The topological polar surface area (TPSA) is 12.0 Å². The number of benzene rings is 1. The summed E-state index contributed by atoms with van der Waals surface area (Å²) >= 11 is 15.0. The Balaban J connectivity index is 2.44. The third kappa shape index (κ3) is 2.93. The highest BCUT2D eigenvalue weighted by Gasteiger charge is 2.18. The molecule has 0 aliphatic carbocycles. The van der Waals surface area contributed by atoms with Crippen LogP contribution in [0.25, 0.3) is 0 Å². The van der Waals surface area contributed by atoms with E-state index < -0.39 is 0 Å². The first kappa shape index (κ1) is 13.6. The van der Waals surface area contributed by atoms with Gasteiger partial charge in [0.05, 0.1) is 9.83 Å². The fraction of sp³-hybridized carbons (Fsp3) is 0.167. The predicted molar refractivity (Wildman–Crippen MR) is 82.1 cm³/mol. The van der Waals surface area contributed by atoms with Gasteiger partial charge in [0.1, 0.15) is 0 Å². The number of hydrogen-bond donors (Lipinski definition) is 1. The fourth-order valence-corrected chi connectivity index (χ4v) is 4.13. The number of halogens is 3. The maximum atomic E-state index is 6.24. The summed E-state index contributed by atoms with van der Waals surface area (Å²) in [6.07, 6.45) is 0. The highest BCUT2D eigenvalue weighted by molar-refractivity contribution is 9.13. The average Bonchev–Trinajstić information content (AvgIpc) is 2.63. The molecule has 1 atom stereocenters. The molecule has 90 valence electrons. The molecule has 1 heterocycles. The Morgan fingerprint density at radius 2 is 2.00 bits per heavy atom. The Bertz CT molecular complexity index is 507. The number of nitrogens with one attached hydrogen (secondary N) is 1. The quantitative estimate of drug-likeness (QED) is 0.750. The van der Waals surface area contributed by atoms with Crippen molar-refractivity contribution in [3.05, 3.63) is 54.1 Å². The monoisotopic (exact) mass is 393 g/mol. The van der Waals surface area contributed by atoms with Crippen LogP contribution in [0.1, 0.15) is 16.5 Å². The van der Waals surface area contributed by atoms with Gasteiger partial charge in [-0.1, -0.05) is 29.8 Å². The van der Waals surface area contributed by atoms with E-state index in [1.165, 1.54) is 4.88 Å². The normalized spacial score (nSPS) is 12.7. The largest absolute Gasteiger partial charge is 0.309 e. The molecule has 2 rings (SSSR count). The minimum absolute atomic E-state index is 0.122. The molecule has 0 saturated carbocycles. The summed E-state index contributed by atoms with van der Waals surface area (Å²) < 4.78 is 2.17. The molecular formula is C12H10Br2ClNS. The van der Waals surface area contributed by atoms with E-state index in [0.29, 0.717) is 0 Å². The third-order valence-electron chi connectivity index (χ3n) is 2.45. The summed E-state index contributed by atoms with van der Waals surface area (Å²) in [5.41, 5.74) is 1.10. The van der Waals surface area contributed by atoms with Crippen molar-refractivity contribution in [3.63, 3.8) is 0 Å². The van der Waals surface area contributed by atoms with Gasteiger partial charge in [-0.25, -0.2) is 0 Å². The molecule has 17 heavy (non-hydrogen) atoms. The minimum atomic E-state index is 0.122. The molecule has 0 aliphatic heterocycles. The first-order valence-corrected chi connectivity index (χ1v) is 7.78. The second-order valence-electron chi connectivity index (χ2n) is 3.51. The van der Waals surface area contributed by atoms with Crippen LogP contribution in [0.5, 0.6) is 0 Å². The molecule has 0 fully saturated rings. The van der Waals surface area contributed by atoms with Gasteiger partial charge in [-0.2, -0.15) is 0 Å². The molecule has 1 aromatic carbocycles. The van der Waals surface area contributed by atoms with Crippen molar-refractivity contribution in [1.29, 1.82) is 0 Å². The van der Waals surface area contributed by atoms with E-state index in [2.05, 4.69) is 43.2 Å². The standard InChI is InChI=1S/C12H10Br2ClNS/c1-16-11(7-4-2-3-5-9(7)15)10-6-8(13)12(14)17-10/h2-6,11,16H,1H3. The lowest BCUT2D eigenvalue weighted by molar-refractivity contribution is 0.704. The van der Waals surface area contributed by atoms with Crippen LogP contribution < -0.4 is 5.32 Å². The van der Waals surface area contributed by atoms with E-state index >= 15 is 0 Å². The van der Waals surface area contributed by atoms with Gasteiger partial charge in [0.15, 0.2) is 0 Å². The van der Waals surface area contributed by atoms with E-state index in [0.717, 1.165) is 18.8 Å². The van der Waals surface area contributed by atoms with E-state index in [4.69, 9.17) is 11.6 Å². The molecule has 1 N–H and O–H groups in total. The van der Waals surface area contributed by atoms with Crippen LogP contribution in [0.15, 0.2) is 38.6 Å². The Hall–Kier alpha value is 0.130. The zero-order chi connectivity index (χ0) is 12.4. The van der Waals surface area contributed by atoms with E-state index in [-0.39, 0.29) is 6.04 Å². The van der Waals surface area contributed by atoms with Gasteiger partial charge in [0, 0.05) is 14.4 Å². The van der Waals surface area contributed by atoms with Crippen molar-refractivity contribution in [1.82, 2.24) is 5.32 Å². The van der Waals surface area contributed by atoms with E-state index in [1.54, 1.807) is 11.3 Å². The number of rotatable bonds is 3. The third-order valence-corrected chi connectivity index (χ3v) is 6.12. The van der Waals surface area contributed by atoms with Crippen LogP contribution in [0.4, 0.5) is 0 Å². The summed E-state index contributed by atoms with van der Waals surface area (Å²) in [5.74, 6) is 0. The van der Waals surface area contributed by atoms with Gasteiger partial charge in [0.2, 0.25) is 0 Å². The van der Waals surface area contributed by atoms with E-state index in [1.807, 2.05) is 31.3 Å². The average molecular weight is 396 g/mol. The van der Waals surface area contributed by atoms with Crippen molar-refractivity contribution >= 4 is 54.8 Å². The van der Waals surface area contributed by atoms with Crippen molar-refractivity contribution in [2.24, 2.45) is 0 Å². The Morgan fingerprint density at radius 3 is 2.53 bits per heavy atom. The summed E-state index contributed by atoms with van der Waals surface area (Å²) in [4.78, 5) is 1.22. The highest BCUT2D eigenvalue weighted by Crippen LogP contribution is 2.38. The highest BCUT2D eigenvalue weighted by atomic mass is 79.9. The minimum Gasteiger partial charge on any atom is -0.309 e. The zero-order valence-electron chi connectivity index (χ0n) is 9.01. The summed E-state index contributed by atoms with van der Waals surface area (Å²) in [6.45, 7) is 0. The second kappa shape index (κ2) is 5.85. The number of thiophene rings is 1. The molecule has 0 spiro atoms. The van der Waals surface area contributed by atoms with Crippen LogP contribution in [-0.4, -0.2) is 7.05 Å². The molecule has 0 saturated heterocycles. The molecular weight excluding hydrogens is 385 g/mol. The van der Waals surface area contributed by atoms with Gasteiger partial charge in [-0.3, -0.25) is 0 Å². The van der Waals surface area contributed by atoms with Gasteiger partial charge in [-0.05, 0) is 56.6 Å². The Kier molecular flexibility index (Phi) is 4.66. The summed E-state index contributed by atoms with van der Waals surface area (Å²) in [6, 6.07) is 10.1. The van der Waals surface area contributed by atoms with Crippen LogP contribution >= 0.6 is 54.8 Å². The molecule has 0 bridgehead atoms. The summed E-state index contributed by atoms with van der Waals surface area (Å²) in [7, 11) is 1.94. The smallest absolute Gasteiger partial charge is 0.0843 e. The molecule has 0 radical (unpaired) electrons. The molecule has 1 unspecified atom stereocenters. The molecule has 1 nitrogen and oxygen atoms in total. The SMILES string of the molecule is CNC(c1cc(Br)c(Br)s1)c1ccccc1Cl. The van der Waals surface area contributed by atoms with Crippen LogP contribution in [0, 0.1) is 0 Å². The lowest BCUT2D eigenvalue weighted by Crippen LogP contribution is -2.16. The van der Waals surface area contributed by atoms with Gasteiger partial charge in [0.25, 0.3) is 0 Å². The second-order valence-corrected chi connectivity index (χ2v) is 7.18. The molecule has 5 heteroatoms. The van der Waals surface area contributed by atoms with E-state index in [9.17, 15) is 0 Å². The number of hydrogen-bond acceptors (Lipinski definition) is 2. The maximum Gasteiger partial charge on any atom is 0.0843 e. The van der Waals surface area contributed by atoms with Crippen molar-refractivity contribution < 1.29 is 0 Å². The van der Waals surface area contributed by atoms with Crippen LogP contribution in [0.3, 0.4) is 0 Å². The first-order chi connectivity index (χ1) is 8.13. The van der Waals surface area contributed by atoms with Crippen LogP contribution in [0.2, 0.25) is 5.02 Å². The van der Waals surface area contributed by atoms with Crippen molar-refractivity contribution in [2.75, 3.05) is 7.05 Å². The predicted octanol–water partition coefficient (Wildman–Crippen LogP) is 5.24. The lowest BCUT2D eigenvalue weighted by Gasteiger charge is -2.16. The molecule has 2 aromatic rings. The zero-order valence-corrected chi connectivity index (χ0v) is 13.8. The fourth-order valence-electron chi connectivity index (χ4n) is 1.67. The Morgan fingerprint density at radius 1 is 1.29 bits per heavy atom. The van der Waals surface area contributed by atoms with Gasteiger partial charge >= 0.3 is 0 Å². The summed E-state index contributed by atoms with van der Waals surface area (Å²) in [5, 5.41) is 4.09. The van der Waals surface area contributed by atoms with Crippen molar-refractivity contribution in [3.8, 4) is 0 Å². The Labute approximate surface area is 126 Å². The van der Waals surface area contributed by atoms with Crippen molar-refractivity contribution in [2.45, 2.75) is 6.04 Å². The first-order valence-electron chi connectivity index (χ1n) is 5.00. The van der Waals surface area contributed by atoms with Gasteiger partial charge < -0.3 is 5.32 Å². The molecule has 1 aromatic heterocycles. The lowest BCUT2D eigenvalue weighted by atomic mass is 10.1.